The molecule has 0 unspecified atom stereocenters. The molecular weight excluding hydrogens is 328 g/mol. The van der Waals surface area contributed by atoms with Gasteiger partial charge in [-0.3, -0.25) is 9.59 Å². The molecule has 4 rings (SSSR count). The molecule has 1 amide bonds. The second-order valence-corrected chi connectivity index (χ2v) is 7.05. The summed E-state index contributed by atoms with van der Waals surface area (Å²) in [6.45, 7) is 2.09. The Hall–Kier alpha value is -2.82. The quantitative estimate of drug-likeness (QED) is 0.800. The highest BCUT2D eigenvalue weighted by Gasteiger charge is 2.35. The molecular formula is C21H22N2O3. The van der Waals surface area contributed by atoms with Gasteiger partial charge in [-0.05, 0) is 42.2 Å². The molecule has 1 aromatic carbocycles. The lowest BCUT2D eigenvalue weighted by atomic mass is 9.83. The Morgan fingerprint density at radius 2 is 1.92 bits per heavy atom. The third kappa shape index (κ3) is 3.17. The van der Waals surface area contributed by atoms with E-state index >= 15 is 0 Å². The number of rotatable bonds is 3. The average Bonchev–Trinajstić information content (AvgIpc) is 2.67. The molecule has 2 aliphatic rings. The molecule has 3 heterocycles. The van der Waals surface area contributed by atoms with Crippen LogP contribution in [0.3, 0.4) is 0 Å². The van der Waals surface area contributed by atoms with Gasteiger partial charge in [0.15, 0.2) is 0 Å². The zero-order valence-corrected chi connectivity index (χ0v) is 14.8. The van der Waals surface area contributed by atoms with Crippen molar-refractivity contribution in [3.05, 3.63) is 70.2 Å². The van der Waals surface area contributed by atoms with Crippen LogP contribution in [0.1, 0.15) is 23.6 Å². The second kappa shape index (κ2) is 6.83. The number of aromatic nitrogens is 1. The van der Waals surface area contributed by atoms with Crippen LogP contribution in [0, 0.1) is 5.92 Å². The number of hydrogen-bond donors (Lipinski definition) is 0. The standard InChI is InChI=1S/C21H22N2O3/c1-26-18-8-5-15(6-9-18)7-10-20(24)22-12-16-11-17(14-22)19-3-2-4-21(25)23(19)13-16/h2-10,16-17H,11-14H2,1H3/b10-7+/t16-,17+/m1/s1. The SMILES string of the molecule is COc1ccc(/C=C/C(=O)N2C[C@H]3C[C@@H](C2)c2cccc(=O)n2C3)cc1. The highest BCUT2D eigenvalue weighted by atomic mass is 16.5. The second-order valence-electron chi connectivity index (χ2n) is 7.05. The number of carbonyl (C=O) groups is 1. The summed E-state index contributed by atoms with van der Waals surface area (Å²) in [7, 11) is 1.63. The lowest BCUT2D eigenvalue weighted by Crippen LogP contribution is -2.48. The normalized spacial score (nSPS) is 21.5. The van der Waals surface area contributed by atoms with E-state index in [1.54, 1.807) is 19.3 Å². The molecule has 0 radical (unpaired) electrons. The van der Waals surface area contributed by atoms with Crippen molar-refractivity contribution in [2.24, 2.45) is 5.92 Å². The van der Waals surface area contributed by atoms with E-state index in [1.165, 1.54) is 0 Å². The number of amides is 1. The van der Waals surface area contributed by atoms with Gasteiger partial charge in [0.25, 0.3) is 5.56 Å². The number of pyridine rings is 1. The first kappa shape index (κ1) is 16.6. The summed E-state index contributed by atoms with van der Waals surface area (Å²) in [4.78, 5) is 26.6. The van der Waals surface area contributed by atoms with E-state index in [2.05, 4.69) is 0 Å². The fourth-order valence-corrected chi connectivity index (χ4v) is 4.06. The minimum Gasteiger partial charge on any atom is -0.497 e. The lowest BCUT2D eigenvalue weighted by Gasteiger charge is -2.42. The van der Waals surface area contributed by atoms with Crippen LogP contribution >= 0.6 is 0 Å². The molecule has 2 atom stereocenters. The third-order valence-corrected chi connectivity index (χ3v) is 5.33. The fourth-order valence-electron chi connectivity index (χ4n) is 4.06. The number of ether oxygens (including phenoxy) is 1. The number of nitrogens with zero attached hydrogens (tertiary/aromatic N) is 2. The summed E-state index contributed by atoms with van der Waals surface area (Å²) in [5.41, 5.74) is 2.09. The Morgan fingerprint density at radius 3 is 2.69 bits per heavy atom. The number of methoxy groups -OCH3 is 1. The number of benzene rings is 1. The van der Waals surface area contributed by atoms with E-state index in [1.807, 2.05) is 51.9 Å². The van der Waals surface area contributed by atoms with E-state index in [0.29, 0.717) is 25.6 Å². The van der Waals surface area contributed by atoms with E-state index < -0.39 is 0 Å². The molecule has 0 aliphatic carbocycles. The molecule has 5 heteroatoms. The minimum atomic E-state index is 0.0299. The van der Waals surface area contributed by atoms with E-state index in [-0.39, 0.29) is 17.4 Å². The van der Waals surface area contributed by atoms with Crippen molar-refractivity contribution in [1.82, 2.24) is 9.47 Å². The first-order chi connectivity index (χ1) is 12.6. The first-order valence-electron chi connectivity index (χ1n) is 8.95. The summed E-state index contributed by atoms with van der Waals surface area (Å²) < 4.78 is 7.03. The molecule has 2 aliphatic heterocycles. The van der Waals surface area contributed by atoms with Crippen molar-refractivity contribution in [3.8, 4) is 5.75 Å². The van der Waals surface area contributed by atoms with Crippen LogP contribution in [0.25, 0.3) is 6.08 Å². The van der Waals surface area contributed by atoms with Gasteiger partial charge >= 0.3 is 0 Å². The Labute approximate surface area is 152 Å². The molecule has 1 saturated heterocycles. The average molecular weight is 350 g/mol. The maximum atomic E-state index is 12.7. The third-order valence-electron chi connectivity index (χ3n) is 5.33. The van der Waals surface area contributed by atoms with Crippen LogP contribution in [0.4, 0.5) is 0 Å². The number of piperidine rings is 1. The monoisotopic (exact) mass is 350 g/mol. The van der Waals surface area contributed by atoms with Gasteiger partial charge in [-0.25, -0.2) is 0 Å². The number of fused-ring (bicyclic) bond motifs is 4. The first-order valence-corrected chi connectivity index (χ1v) is 8.95. The highest BCUT2D eigenvalue weighted by Crippen LogP contribution is 2.35. The van der Waals surface area contributed by atoms with Crippen LogP contribution in [0.2, 0.25) is 0 Å². The van der Waals surface area contributed by atoms with Crippen molar-refractivity contribution in [2.45, 2.75) is 18.9 Å². The summed E-state index contributed by atoms with van der Waals surface area (Å²) in [6, 6.07) is 13.1. The molecule has 0 saturated carbocycles. The molecule has 1 aromatic heterocycles. The lowest BCUT2D eigenvalue weighted by molar-refractivity contribution is -0.128. The van der Waals surface area contributed by atoms with Gasteiger partial charge in [-0.1, -0.05) is 18.2 Å². The Kier molecular flexibility index (Phi) is 4.37. The van der Waals surface area contributed by atoms with Gasteiger partial charge in [-0.2, -0.15) is 0 Å². The predicted molar refractivity (Wildman–Crippen MR) is 100 cm³/mol. The summed E-state index contributed by atoms with van der Waals surface area (Å²) >= 11 is 0. The zero-order valence-electron chi connectivity index (χ0n) is 14.8. The van der Waals surface area contributed by atoms with Crippen LogP contribution in [0.5, 0.6) is 5.75 Å². The van der Waals surface area contributed by atoms with Crippen LogP contribution < -0.4 is 10.3 Å². The van der Waals surface area contributed by atoms with Crippen LogP contribution in [-0.2, 0) is 11.3 Å². The van der Waals surface area contributed by atoms with E-state index in [0.717, 1.165) is 23.4 Å². The zero-order chi connectivity index (χ0) is 18.1. The number of carbonyl (C=O) groups excluding carboxylic acids is 1. The molecule has 0 N–H and O–H groups in total. The highest BCUT2D eigenvalue weighted by molar-refractivity contribution is 5.92. The van der Waals surface area contributed by atoms with Crippen molar-refractivity contribution >= 4 is 12.0 Å². The van der Waals surface area contributed by atoms with Crippen molar-refractivity contribution in [2.75, 3.05) is 20.2 Å². The van der Waals surface area contributed by atoms with Crippen molar-refractivity contribution < 1.29 is 9.53 Å². The molecule has 5 nitrogen and oxygen atoms in total. The topological polar surface area (TPSA) is 51.5 Å². The van der Waals surface area contributed by atoms with Gasteiger partial charge in [0.1, 0.15) is 5.75 Å². The maximum Gasteiger partial charge on any atom is 0.250 e. The minimum absolute atomic E-state index is 0.0299. The molecule has 2 bridgehead atoms. The summed E-state index contributed by atoms with van der Waals surface area (Å²) in [6.07, 6.45) is 4.53. The Bertz CT molecular complexity index is 898. The van der Waals surface area contributed by atoms with Crippen molar-refractivity contribution in [1.29, 1.82) is 0 Å². The predicted octanol–water partition coefficient (Wildman–Crippen LogP) is 2.52. The van der Waals surface area contributed by atoms with Gasteiger partial charge in [0.2, 0.25) is 5.91 Å². The van der Waals surface area contributed by atoms with Crippen LogP contribution in [-0.4, -0.2) is 35.6 Å². The Morgan fingerprint density at radius 1 is 1.12 bits per heavy atom. The maximum absolute atomic E-state index is 12.7. The van der Waals surface area contributed by atoms with Gasteiger partial charge in [0.05, 0.1) is 7.11 Å². The summed E-state index contributed by atoms with van der Waals surface area (Å²) in [5.74, 6) is 1.42. The Balaban J connectivity index is 1.48. The van der Waals surface area contributed by atoms with Gasteiger partial charge in [0, 0.05) is 43.4 Å². The number of hydrogen-bond acceptors (Lipinski definition) is 3. The van der Waals surface area contributed by atoms with E-state index in [9.17, 15) is 9.59 Å². The van der Waals surface area contributed by atoms with Crippen molar-refractivity contribution in [3.63, 3.8) is 0 Å². The van der Waals surface area contributed by atoms with Crippen LogP contribution in [0.15, 0.2) is 53.3 Å². The molecule has 1 fully saturated rings. The van der Waals surface area contributed by atoms with Gasteiger partial charge < -0.3 is 14.2 Å². The van der Waals surface area contributed by atoms with Gasteiger partial charge in [-0.15, -0.1) is 0 Å². The molecule has 2 aromatic rings. The smallest absolute Gasteiger partial charge is 0.250 e. The molecule has 26 heavy (non-hydrogen) atoms. The number of likely N-dealkylation sites (tertiary alicyclic amines) is 1. The molecule has 0 spiro atoms. The molecule has 134 valence electrons. The van der Waals surface area contributed by atoms with E-state index in [4.69, 9.17) is 4.74 Å². The largest absolute Gasteiger partial charge is 0.497 e. The summed E-state index contributed by atoms with van der Waals surface area (Å²) in [5, 5.41) is 0. The fraction of sp³-hybridized carbons (Fsp3) is 0.333.